The van der Waals surface area contributed by atoms with E-state index >= 15 is 0 Å². The summed E-state index contributed by atoms with van der Waals surface area (Å²) in [6.07, 6.45) is -1.66. The first-order valence-corrected chi connectivity index (χ1v) is 5.13. The van der Waals surface area contributed by atoms with Crippen molar-refractivity contribution in [3.8, 4) is 11.5 Å². The second kappa shape index (κ2) is 6.44. The Morgan fingerprint density at radius 3 is 2.12 bits per heavy atom. The molecule has 0 amide bonds. The van der Waals surface area contributed by atoms with Gasteiger partial charge in [-0.25, -0.2) is 0 Å². The molecule has 0 aromatic heterocycles. The Bertz CT molecular complexity index is 349. The normalized spacial score (nSPS) is 12.6. The van der Waals surface area contributed by atoms with E-state index in [1.165, 1.54) is 21.3 Å². The Balaban J connectivity index is 3.03. The maximum Gasteiger partial charge on any atom is 0.187 e. The lowest BCUT2D eigenvalue weighted by atomic mass is 10.1. The van der Waals surface area contributed by atoms with Crippen LogP contribution in [0.25, 0.3) is 0 Å². The van der Waals surface area contributed by atoms with Gasteiger partial charge in [-0.3, -0.25) is 0 Å². The van der Waals surface area contributed by atoms with Gasteiger partial charge >= 0.3 is 0 Å². The number of benzene rings is 1. The van der Waals surface area contributed by atoms with Crippen molar-refractivity contribution in [3.63, 3.8) is 0 Å². The molecule has 0 fully saturated rings. The quantitative estimate of drug-likeness (QED) is 0.763. The molecular formula is C12H18O5. The van der Waals surface area contributed by atoms with Crippen LogP contribution in [0.2, 0.25) is 0 Å². The van der Waals surface area contributed by atoms with Crippen LogP contribution >= 0.6 is 0 Å². The lowest BCUT2D eigenvalue weighted by Gasteiger charge is -2.22. The molecule has 1 atom stereocenters. The number of ether oxygens (including phenoxy) is 4. The van der Waals surface area contributed by atoms with Gasteiger partial charge in [-0.2, -0.15) is 0 Å². The van der Waals surface area contributed by atoms with Gasteiger partial charge in [0.2, 0.25) is 0 Å². The van der Waals surface area contributed by atoms with Crippen LogP contribution in [0, 0.1) is 0 Å². The summed E-state index contributed by atoms with van der Waals surface area (Å²) >= 11 is 0. The van der Waals surface area contributed by atoms with E-state index in [1.54, 1.807) is 25.3 Å². The second-order valence-corrected chi connectivity index (χ2v) is 3.39. The van der Waals surface area contributed by atoms with Gasteiger partial charge in [0, 0.05) is 25.8 Å². The van der Waals surface area contributed by atoms with Gasteiger partial charge in [0.25, 0.3) is 0 Å². The lowest BCUT2D eigenvalue weighted by Crippen LogP contribution is -2.23. The van der Waals surface area contributed by atoms with Gasteiger partial charge in [0.15, 0.2) is 6.29 Å². The Morgan fingerprint density at radius 1 is 1.00 bits per heavy atom. The summed E-state index contributed by atoms with van der Waals surface area (Å²) in [5.74, 6) is 1.18. The van der Waals surface area contributed by atoms with Crippen molar-refractivity contribution < 1.29 is 24.1 Å². The van der Waals surface area contributed by atoms with Crippen molar-refractivity contribution >= 4 is 0 Å². The molecule has 0 aliphatic rings. The van der Waals surface area contributed by atoms with Crippen molar-refractivity contribution in [1.29, 1.82) is 0 Å². The fourth-order valence-electron chi connectivity index (χ4n) is 1.56. The Morgan fingerprint density at radius 2 is 1.65 bits per heavy atom. The van der Waals surface area contributed by atoms with Gasteiger partial charge in [-0.1, -0.05) is 0 Å². The number of hydrogen-bond donors (Lipinski definition) is 1. The summed E-state index contributed by atoms with van der Waals surface area (Å²) in [5.41, 5.74) is 0.585. The van der Waals surface area contributed by atoms with Crippen LogP contribution in [-0.4, -0.2) is 39.8 Å². The van der Waals surface area contributed by atoms with Crippen molar-refractivity contribution in [1.82, 2.24) is 0 Å². The Labute approximate surface area is 101 Å². The van der Waals surface area contributed by atoms with Gasteiger partial charge in [0.1, 0.15) is 17.6 Å². The van der Waals surface area contributed by atoms with Crippen LogP contribution in [0.4, 0.5) is 0 Å². The maximum absolute atomic E-state index is 10.1. The number of aliphatic hydroxyl groups excluding tert-OH is 1. The summed E-state index contributed by atoms with van der Waals surface area (Å²) in [5, 5.41) is 10.1. The van der Waals surface area contributed by atoms with Crippen LogP contribution < -0.4 is 9.47 Å². The third-order valence-corrected chi connectivity index (χ3v) is 2.48. The second-order valence-electron chi connectivity index (χ2n) is 3.39. The molecule has 1 N–H and O–H groups in total. The number of rotatable bonds is 6. The first-order chi connectivity index (χ1) is 8.17. The summed E-state index contributed by atoms with van der Waals surface area (Å²) in [4.78, 5) is 0. The molecule has 1 aromatic rings. The smallest absolute Gasteiger partial charge is 0.187 e. The SMILES string of the molecule is COc1ccc(C(O)C(OC)OC)c(OC)c1. The minimum atomic E-state index is -0.925. The van der Waals surface area contributed by atoms with E-state index in [-0.39, 0.29) is 0 Å². The molecule has 0 bridgehead atoms. The first-order valence-electron chi connectivity index (χ1n) is 5.13. The zero-order valence-corrected chi connectivity index (χ0v) is 10.5. The van der Waals surface area contributed by atoms with Crippen LogP contribution in [0.3, 0.4) is 0 Å². The van der Waals surface area contributed by atoms with E-state index in [9.17, 15) is 5.11 Å². The lowest BCUT2D eigenvalue weighted by molar-refractivity contribution is -0.166. The molecule has 0 radical (unpaired) electrons. The molecule has 5 heteroatoms. The first kappa shape index (κ1) is 13.8. The van der Waals surface area contributed by atoms with Crippen LogP contribution in [0.5, 0.6) is 11.5 Å². The standard InChI is InChI=1S/C12H18O5/c1-14-8-5-6-9(10(7-8)15-2)11(13)12(16-3)17-4/h5-7,11-13H,1-4H3. The molecule has 0 heterocycles. The molecule has 0 aliphatic heterocycles. The van der Waals surface area contributed by atoms with E-state index < -0.39 is 12.4 Å². The average molecular weight is 242 g/mol. The average Bonchev–Trinajstić information content (AvgIpc) is 2.39. The van der Waals surface area contributed by atoms with Gasteiger partial charge < -0.3 is 24.1 Å². The molecule has 1 aromatic carbocycles. The van der Waals surface area contributed by atoms with Gasteiger partial charge in [-0.05, 0) is 12.1 Å². The predicted octanol–water partition coefficient (Wildman–Crippen LogP) is 1.36. The van der Waals surface area contributed by atoms with Crippen molar-refractivity contribution in [2.75, 3.05) is 28.4 Å². The molecule has 0 saturated heterocycles. The molecule has 0 saturated carbocycles. The fraction of sp³-hybridized carbons (Fsp3) is 0.500. The molecule has 0 aliphatic carbocycles. The van der Waals surface area contributed by atoms with E-state index in [0.717, 1.165) is 0 Å². The largest absolute Gasteiger partial charge is 0.497 e. The van der Waals surface area contributed by atoms with Crippen molar-refractivity contribution in [3.05, 3.63) is 23.8 Å². The highest BCUT2D eigenvalue weighted by molar-refractivity contribution is 5.42. The van der Waals surface area contributed by atoms with Gasteiger partial charge in [0.05, 0.1) is 14.2 Å². The number of hydrogen-bond acceptors (Lipinski definition) is 5. The van der Waals surface area contributed by atoms with E-state index in [0.29, 0.717) is 17.1 Å². The van der Waals surface area contributed by atoms with Crippen molar-refractivity contribution in [2.45, 2.75) is 12.4 Å². The molecular weight excluding hydrogens is 224 g/mol. The Hall–Kier alpha value is -1.30. The van der Waals surface area contributed by atoms with Crippen LogP contribution in [0.1, 0.15) is 11.7 Å². The zero-order chi connectivity index (χ0) is 12.8. The third-order valence-electron chi connectivity index (χ3n) is 2.48. The topological polar surface area (TPSA) is 57.2 Å². The summed E-state index contributed by atoms with van der Waals surface area (Å²) in [6, 6.07) is 5.15. The van der Waals surface area contributed by atoms with Crippen molar-refractivity contribution in [2.24, 2.45) is 0 Å². The zero-order valence-electron chi connectivity index (χ0n) is 10.5. The van der Waals surface area contributed by atoms with Crippen LogP contribution in [-0.2, 0) is 9.47 Å². The van der Waals surface area contributed by atoms with Crippen LogP contribution in [0.15, 0.2) is 18.2 Å². The summed E-state index contributed by atoms with van der Waals surface area (Å²) < 4.78 is 20.3. The minimum absolute atomic E-state index is 0.524. The monoisotopic (exact) mass is 242 g/mol. The highest BCUT2D eigenvalue weighted by Gasteiger charge is 2.23. The molecule has 1 unspecified atom stereocenters. The summed E-state index contributed by atoms with van der Waals surface area (Å²) in [7, 11) is 6.03. The molecule has 5 nitrogen and oxygen atoms in total. The molecule has 96 valence electrons. The van der Waals surface area contributed by atoms with E-state index in [4.69, 9.17) is 18.9 Å². The fourth-order valence-corrected chi connectivity index (χ4v) is 1.56. The third kappa shape index (κ3) is 3.09. The molecule has 0 spiro atoms. The highest BCUT2D eigenvalue weighted by Crippen LogP contribution is 2.31. The Kier molecular flexibility index (Phi) is 5.21. The van der Waals surface area contributed by atoms with E-state index in [2.05, 4.69) is 0 Å². The number of methoxy groups -OCH3 is 4. The maximum atomic E-state index is 10.1. The van der Waals surface area contributed by atoms with Gasteiger partial charge in [-0.15, -0.1) is 0 Å². The molecule has 1 rings (SSSR count). The minimum Gasteiger partial charge on any atom is -0.497 e. The van der Waals surface area contributed by atoms with E-state index in [1.807, 2.05) is 0 Å². The predicted molar refractivity (Wildman–Crippen MR) is 62.3 cm³/mol. The highest BCUT2D eigenvalue weighted by atomic mass is 16.7. The molecule has 17 heavy (non-hydrogen) atoms. The number of aliphatic hydroxyl groups is 1. The summed E-state index contributed by atoms with van der Waals surface area (Å²) in [6.45, 7) is 0.